The quantitative estimate of drug-likeness (QED) is 0.836. The zero-order valence-corrected chi connectivity index (χ0v) is 10.4. The van der Waals surface area contributed by atoms with E-state index in [4.69, 9.17) is 22.1 Å². The number of ether oxygens (including phenoxy) is 1. The van der Waals surface area contributed by atoms with Crippen molar-refractivity contribution in [1.82, 2.24) is 4.57 Å². The highest BCUT2D eigenvalue weighted by molar-refractivity contribution is 6.31. The van der Waals surface area contributed by atoms with E-state index in [-0.39, 0.29) is 0 Å². The first-order valence-corrected chi connectivity index (χ1v) is 5.64. The van der Waals surface area contributed by atoms with Crippen LogP contribution in [0.2, 0.25) is 5.02 Å². The lowest BCUT2D eigenvalue weighted by Crippen LogP contribution is -2.08. The van der Waals surface area contributed by atoms with Crippen LogP contribution in [0.25, 0.3) is 10.9 Å². The summed E-state index contributed by atoms with van der Waals surface area (Å²) in [7, 11) is 1.80. The molecule has 0 saturated carbocycles. The van der Waals surface area contributed by atoms with E-state index in [1.54, 1.807) is 30.7 Å². The van der Waals surface area contributed by atoms with E-state index in [0.717, 1.165) is 10.9 Å². The number of aryl methyl sites for hydroxylation is 1. The summed E-state index contributed by atoms with van der Waals surface area (Å²) in [6.07, 6.45) is 0. The highest BCUT2D eigenvalue weighted by Crippen LogP contribution is 2.30. The van der Waals surface area contributed by atoms with Crippen molar-refractivity contribution >= 4 is 34.3 Å². The largest absolute Gasteiger partial charge is 0.462 e. The average Bonchev–Trinajstić information content (AvgIpc) is 2.51. The van der Waals surface area contributed by atoms with E-state index in [2.05, 4.69) is 0 Å². The standard InChI is InChI=1S/C12H13ClN2O2/c1-3-17-12(16)10-8-6-7(13)4-5-9(8)15(2)11(10)14/h4-6H,3,14H2,1-2H3. The number of carbonyl (C=O) groups is 1. The van der Waals surface area contributed by atoms with Crippen LogP contribution < -0.4 is 5.73 Å². The molecule has 0 spiro atoms. The fourth-order valence-electron chi connectivity index (χ4n) is 1.85. The number of nitrogens with two attached hydrogens (primary N) is 1. The molecule has 0 atom stereocenters. The molecular weight excluding hydrogens is 240 g/mol. The Kier molecular flexibility index (Phi) is 2.98. The van der Waals surface area contributed by atoms with Gasteiger partial charge in [0.1, 0.15) is 11.4 Å². The predicted octanol–water partition coefficient (Wildman–Crippen LogP) is 2.59. The molecule has 0 aliphatic heterocycles. The number of nitrogens with zero attached hydrogens (tertiary/aromatic N) is 1. The molecule has 1 aromatic carbocycles. The summed E-state index contributed by atoms with van der Waals surface area (Å²) in [5.41, 5.74) is 7.15. The summed E-state index contributed by atoms with van der Waals surface area (Å²) in [5, 5.41) is 1.28. The fraction of sp³-hybridized carbons (Fsp3) is 0.250. The maximum Gasteiger partial charge on any atom is 0.342 e. The third-order valence-electron chi connectivity index (χ3n) is 2.69. The molecule has 2 aromatic rings. The summed E-state index contributed by atoms with van der Waals surface area (Å²) in [6, 6.07) is 5.31. The molecule has 0 saturated heterocycles. The molecule has 2 N–H and O–H groups in total. The Morgan fingerprint density at radius 2 is 2.24 bits per heavy atom. The Morgan fingerprint density at radius 1 is 1.53 bits per heavy atom. The van der Waals surface area contributed by atoms with Crippen LogP contribution in [0.4, 0.5) is 5.82 Å². The number of anilines is 1. The summed E-state index contributed by atoms with van der Waals surface area (Å²) in [4.78, 5) is 11.8. The lowest BCUT2D eigenvalue weighted by molar-refractivity contribution is 0.0530. The Morgan fingerprint density at radius 3 is 2.88 bits per heavy atom. The average molecular weight is 253 g/mol. The van der Waals surface area contributed by atoms with Gasteiger partial charge in [0.25, 0.3) is 0 Å². The Hall–Kier alpha value is -1.68. The normalized spacial score (nSPS) is 10.8. The van der Waals surface area contributed by atoms with Gasteiger partial charge in [-0.1, -0.05) is 11.6 Å². The van der Waals surface area contributed by atoms with Crippen molar-refractivity contribution in [2.75, 3.05) is 12.3 Å². The van der Waals surface area contributed by atoms with Gasteiger partial charge in [0, 0.05) is 17.5 Å². The lowest BCUT2D eigenvalue weighted by Gasteiger charge is -2.01. The van der Waals surface area contributed by atoms with Gasteiger partial charge in [0.05, 0.1) is 12.1 Å². The van der Waals surface area contributed by atoms with Crippen LogP contribution in [-0.2, 0) is 11.8 Å². The summed E-state index contributed by atoms with van der Waals surface area (Å²) in [6.45, 7) is 2.07. The van der Waals surface area contributed by atoms with Crippen molar-refractivity contribution in [1.29, 1.82) is 0 Å². The van der Waals surface area contributed by atoms with Gasteiger partial charge < -0.3 is 15.0 Å². The number of aromatic nitrogens is 1. The molecule has 1 heterocycles. The van der Waals surface area contributed by atoms with Crippen molar-refractivity contribution in [2.24, 2.45) is 7.05 Å². The second kappa shape index (κ2) is 4.30. The monoisotopic (exact) mass is 252 g/mol. The number of carbonyl (C=O) groups excluding carboxylic acids is 1. The Labute approximate surface area is 104 Å². The van der Waals surface area contributed by atoms with Gasteiger partial charge in [0.15, 0.2) is 0 Å². The number of halogens is 1. The number of rotatable bonds is 2. The zero-order chi connectivity index (χ0) is 12.6. The van der Waals surface area contributed by atoms with Gasteiger partial charge in [-0.05, 0) is 25.1 Å². The number of nitrogen functional groups attached to an aromatic ring is 1. The molecular formula is C12H13ClN2O2. The minimum absolute atomic E-state index is 0.315. The molecule has 17 heavy (non-hydrogen) atoms. The van der Waals surface area contributed by atoms with Gasteiger partial charge >= 0.3 is 5.97 Å². The molecule has 5 heteroatoms. The molecule has 4 nitrogen and oxygen atoms in total. The first-order valence-electron chi connectivity index (χ1n) is 5.26. The molecule has 0 amide bonds. The highest BCUT2D eigenvalue weighted by atomic mass is 35.5. The first kappa shape index (κ1) is 11.8. The summed E-state index contributed by atoms with van der Waals surface area (Å²) < 4.78 is 6.74. The minimum atomic E-state index is -0.419. The van der Waals surface area contributed by atoms with Crippen molar-refractivity contribution in [3.63, 3.8) is 0 Å². The second-order valence-electron chi connectivity index (χ2n) is 3.70. The number of fused-ring (bicyclic) bond motifs is 1. The van der Waals surface area contributed by atoms with Gasteiger partial charge in [-0.2, -0.15) is 0 Å². The smallest absolute Gasteiger partial charge is 0.342 e. The van der Waals surface area contributed by atoms with Crippen LogP contribution in [0, 0.1) is 0 Å². The van der Waals surface area contributed by atoms with Crippen molar-refractivity contribution in [2.45, 2.75) is 6.92 Å². The van der Waals surface area contributed by atoms with Crippen LogP contribution in [0.3, 0.4) is 0 Å². The summed E-state index contributed by atoms with van der Waals surface area (Å²) >= 11 is 5.93. The third kappa shape index (κ3) is 1.85. The van der Waals surface area contributed by atoms with Crippen molar-refractivity contribution < 1.29 is 9.53 Å². The third-order valence-corrected chi connectivity index (χ3v) is 2.92. The van der Waals surface area contributed by atoms with Crippen LogP contribution in [0.15, 0.2) is 18.2 Å². The van der Waals surface area contributed by atoms with Crippen LogP contribution in [0.1, 0.15) is 17.3 Å². The zero-order valence-electron chi connectivity index (χ0n) is 9.66. The van der Waals surface area contributed by atoms with Crippen molar-refractivity contribution in [3.8, 4) is 0 Å². The first-order chi connectivity index (χ1) is 8.06. The van der Waals surface area contributed by atoms with E-state index in [0.29, 0.717) is 23.0 Å². The van der Waals surface area contributed by atoms with E-state index in [1.807, 2.05) is 6.07 Å². The van der Waals surface area contributed by atoms with Gasteiger partial charge in [0.2, 0.25) is 0 Å². The minimum Gasteiger partial charge on any atom is -0.462 e. The molecule has 0 unspecified atom stereocenters. The Balaban J connectivity index is 2.72. The van der Waals surface area contributed by atoms with E-state index < -0.39 is 5.97 Å². The molecule has 90 valence electrons. The molecule has 0 bridgehead atoms. The maximum atomic E-state index is 11.8. The molecule has 0 aliphatic carbocycles. The highest BCUT2D eigenvalue weighted by Gasteiger charge is 2.20. The summed E-state index contributed by atoms with van der Waals surface area (Å²) in [5.74, 6) is -0.0291. The van der Waals surface area contributed by atoms with Crippen LogP contribution in [0.5, 0.6) is 0 Å². The molecule has 0 aliphatic rings. The van der Waals surface area contributed by atoms with E-state index in [1.165, 1.54) is 0 Å². The predicted molar refractivity (Wildman–Crippen MR) is 68.3 cm³/mol. The number of hydrogen-bond acceptors (Lipinski definition) is 3. The lowest BCUT2D eigenvalue weighted by atomic mass is 10.1. The van der Waals surface area contributed by atoms with E-state index in [9.17, 15) is 4.79 Å². The SMILES string of the molecule is CCOC(=O)c1c(N)n(C)c2ccc(Cl)cc12. The van der Waals surface area contributed by atoms with Gasteiger partial charge in [-0.25, -0.2) is 4.79 Å². The Bertz CT molecular complexity index is 590. The number of esters is 1. The van der Waals surface area contributed by atoms with Crippen LogP contribution in [-0.4, -0.2) is 17.1 Å². The van der Waals surface area contributed by atoms with Crippen molar-refractivity contribution in [3.05, 3.63) is 28.8 Å². The van der Waals surface area contributed by atoms with Crippen LogP contribution >= 0.6 is 11.6 Å². The number of benzene rings is 1. The molecule has 0 fully saturated rings. The second-order valence-corrected chi connectivity index (χ2v) is 4.14. The topological polar surface area (TPSA) is 57.2 Å². The molecule has 0 radical (unpaired) electrons. The van der Waals surface area contributed by atoms with Gasteiger partial charge in [-0.3, -0.25) is 0 Å². The number of hydrogen-bond donors (Lipinski definition) is 1. The van der Waals surface area contributed by atoms with E-state index >= 15 is 0 Å². The molecule has 2 rings (SSSR count). The maximum absolute atomic E-state index is 11.8. The van der Waals surface area contributed by atoms with Gasteiger partial charge in [-0.15, -0.1) is 0 Å². The fourth-order valence-corrected chi connectivity index (χ4v) is 2.03. The molecule has 1 aromatic heterocycles.